The van der Waals surface area contributed by atoms with Gasteiger partial charge < -0.3 is 14.8 Å². The Kier molecular flexibility index (Phi) is 4.11. The third kappa shape index (κ3) is 3.09. The highest BCUT2D eigenvalue weighted by molar-refractivity contribution is 5.79. The maximum atomic E-state index is 12.5. The lowest BCUT2D eigenvalue weighted by Gasteiger charge is -2.26. The van der Waals surface area contributed by atoms with E-state index < -0.39 is 0 Å². The standard InChI is InChI=1S/C20H21NO3/c22-20(13-14-8-9-18-19(12-14)24-11-10-23-18)21-17-7-3-5-15-4-1-2-6-16(15)17/h1-2,4,6,8-9,12,17H,3,5,7,10-11,13H2,(H,21,22). The highest BCUT2D eigenvalue weighted by atomic mass is 16.6. The van der Waals surface area contributed by atoms with Crippen molar-refractivity contribution in [1.29, 1.82) is 0 Å². The summed E-state index contributed by atoms with van der Waals surface area (Å²) >= 11 is 0. The number of rotatable bonds is 3. The molecule has 0 fully saturated rings. The van der Waals surface area contributed by atoms with Crippen LogP contribution in [0.15, 0.2) is 42.5 Å². The predicted octanol–water partition coefficient (Wildman–Crippen LogP) is 3.19. The Balaban J connectivity index is 1.44. The van der Waals surface area contributed by atoms with Crippen LogP contribution in [0.3, 0.4) is 0 Å². The number of fused-ring (bicyclic) bond motifs is 2. The second-order valence-electron chi connectivity index (χ2n) is 6.37. The fourth-order valence-corrected chi connectivity index (χ4v) is 3.53. The third-order valence-corrected chi connectivity index (χ3v) is 4.68. The summed E-state index contributed by atoms with van der Waals surface area (Å²) in [4.78, 5) is 12.5. The maximum Gasteiger partial charge on any atom is 0.224 e. The van der Waals surface area contributed by atoms with Crippen LogP contribution >= 0.6 is 0 Å². The van der Waals surface area contributed by atoms with E-state index in [0.29, 0.717) is 19.6 Å². The van der Waals surface area contributed by atoms with Crippen LogP contribution in [-0.4, -0.2) is 19.1 Å². The zero-order valence-corrected chi connectivity index (χ0v) is 13.6. The summed E-state index contributed by atoms with van der Waals surface area (Å²) in [5, 5.41) is 3.19. The molecule has 1 aliphatic heterocycles. The van der Waals surface area contributed by atoms with Gasteiger partial charge in [0.05, 0.1) is 12.5 Å². The van der Waals surface area contributed by atoms with Crippen molar-refractivity contribution in [2.75, 3.05) is 13.2 Å². The highest BCUT2D eigenvalue weighted by Gasteiger charge is 2.21. The van der Waals surface area contributed by atoms with E-state index >= 15 is 0 Å². The largest absolute Gasteiger partial charge is 0.486 e. The fraction of sp³-hybridized carbons (Fsp3) is 0.350. The molecule has 2 aromatic carbocycles. The van der Waals surface area contributed by atoms with E-state index in [1.54, 1.807) is 0 Å². The molecule has 1 heterocycles. The van der Waals surface area contributed by atoms with Crippen LogP contribution in [0.1, 0.15) is 35.6 Å². The van der Waals surface area contributed by atoms with Crippen molar-refractivity contribution >= 4 is 5.91 Å². The summed E-state index contributed by atoms with van der Waals surface area (Å²) in [6.07, 6.45) is 3.58. The van der Waals surface area contributed by atoms with E-state index in [-0.39, 0.29) is 11.9 Å². The summed E-state index contributed by atoms with van der Waals surface area (Å²) in [7, 11) is 0. The SMILES string of the molecule is O=C(Cc1ccc2c(c1)OCCO2)NC1CCCc2ccccc21. The molecule has 2 aromatic rings. The second-order valence-corrected chi connectivity index (χ2v) is 6.37. The molecular weight excluding hydrogens is 302 g/mol. The van der Waals surface area contributed by atoms with Crippen molar-refractivity contribution in [1.82, 2.24) is 5.32 Å². The number of carbonyl (C=O) groups excluding carboxylic acids is 1. The molecule has 1 unspecified atom stereocenters. The zero-order valence-electron chi connectivity index (χ0n) is 13.6. The normalized spacial score (nSPS) is 18.6. The van der Waals surface area contributed by atoms with Gasteiger partial charge in [-0.15, -0.1) is 0 Å². The first-order valence-corrected chi connectivity index (χ1v) is 8.55. The molecule has 0 saturated heterocycles. The molecule has 24 heavy (non-hydrogen) atoms. The van der Waals surface area contributed by atoms with Crippen LogP contribution in [0, 0.1) is 0 Å². The van der Waals surface area contributed by atoms with E-state index in [2.05, 4.69) is 23.5 Å². The Bertz CT molecular complexity index is 756. The average Bonchev–Trinajstić information content (AvgIpc) is 2.62. The first-order valence-electron chi connectivity index (χ1n) is 8.55. The second kappa shape index (κ2) is 6.56. The van der Waals surface area contributed by atoms with Gasteiger partial charge in [0.1, 0.15) is 13.2 Å². The number of hydrogen-bond acceptors (Lipinski definition) is 3. The fourth-order valence-electron chi connectivity index (χ4n) is 3.53. The van der Waals surface area contributed by atoms with Crippen molar-refractivity contribution in [3.05, 3.63) is 59.2 Å². The van der Waals surface area contributed by atoms with Gasteiger partial charge in [-0.1, -0.05) is 30.3 Å². The lowest BCUT2D eigenvalue weighted by Crippen LogP contribution is -2.32. The topological polar surface area (TPSA) is 47.6 Å². The Morgan fingerprint density at radius 2 is 1.92 bits per heavy atom. The molecule has 0 saturated carbocycles. The van der Waals surface area contributed by atoms with Gasteiger partial charge in [0, 0.05) is 0 Å². The summed E-state index contributed by atoms with van der Waals surface area (Å²) in [5.74, 6) is 1.54. The Morgan fingerprint density at radius 3 is 2.83 bits per heavy atom. The van der Waals surface area contributed by atoms with Crippen LogP contribution in [0.4, 0.5) is 0 Å². The number of carbonyl (C=O) groups is 1. The predicted molar refractivity (Wildman–Crippen MR) is 91.4 cm³/mol. The van der Waals surface area contributed by atoms with E-state index in [9.17, 15) is 4.79 Å². The Labute approximate surface area is 141 Å². The van der Waals surface area contributed by atoms with Crippen molar-refractivity contribution in [3.63, 3.8) is 0 Å². The highest BCUT2D eigenvalue weighted by Crippen LogP contribution is 2.32. The van der Waals surface area contributed by atoms with Crippen LogP contribution < -0.4 is 14.8 Å². The summed E-state index contributed by atoms with van der Waals surface area (Å²) in [5.41, 5.74) is 3.56. The molecule has 0 spiro atoms. The van der Waals surface area contributed by atoms with Gasteiger partial charge in [-0.05, 0) is 48.1 Å². The number of hydrogen-bond donors (Lipinski definition) is 1. The van der Waals surface area contributed by atoms with Gasteiger partial charge in [0.2, 0.25) is 5.91 Å². The first kappa shape index (κ1) is 15.1. The van der Waals surface area contributed by atoms with Crippen LogP contribution in [-0.2, 0) is 17.6 Å². The maximum absolute atomic E-state index is 12.5. The molecule has 1 N–H and O–H groups in total. The van der Waals surface area contributed by atoms with E-state index in [1.165, 1.54) is 11.1 Å². The smallest absolute Gasteiger partial charge is 0.224 e. The van der Waals surface area contributed by atoms with Crippen LogP contribution in [0.2, 0.25) is 0 Å². The average molecular weight is 323 g/mol. The van der Waals surface area contributed by atoms with E-state index in [0.717, 1.165) is 36.3 Å². The lowest BCUT2D eigenvalue weighted by molar-refractivity contribution is -0.121. The van der Waals surface area contributed by atoms with Gasteiger partial charge >= 0.3 is 0 Å². The minimum atomic E-state index is 0.0494. The number of benzene rings is 2. The zero-order chi connectivity index (χ0) is 16.4. The molecule has 1 aliphatic carbocycles. The summed E-state index contributed by atoms with van der Waals surface area (Å²) in [6.45, 7) is 1.13. The monoisotopic (exact) mass is 323 g/mol. The Morgan fingerprint density at radius 1 is 1.08 bits per heavy atom. The van der Waals surface area contributed by atoms with Crippen molar-refractivity contribution in [3.8, 4) is 11.5 Å². The molecular formula is C20H21NO3. The molecule has 0 radical (unpaired) electrons. The van der Waals surface area contributed by atoms with Crippen LogP contribution in [0.25, 0.3) is 0 Å². The molecule has 1 amide bonds. The lowest BCUT2D eigenvalue weighted by atomic mass is 9.87. The quantitative estimate of drug-likeness (QED) is 0.943. The van der Waals surface area contributed by atoms with Crippen molar-refractivity contribution < 1.29 is 14.3 Å². The number of nitrogens with one attached hydrogen (secondary N) is 1. The summed E-state index contributed by atoms with van der Waals surface area (Å²) < 4.78 is 11.1. The van der Waals surface area contributed by atoms with E-state index in [4.69, 9.17) is 9.47 Å². The van der Waals surface area contributed by atoms with Gasteiger partial charge in [-0.2, -0.15) is 0 Å². The molecule has 0 aromatic heterocycles. The number of ether oxygens (including phenoxy) is 2. The number of amides is 1. The minimum Gasteiger partial charge on any atom is -0.486 e. The molecule has 124 valence electrons. The summed E-state index contributed by atoms with van der Waals surface area (Å²) in [6, 6.07) is 14.2. The first-order chi connectivity index (χ1) is 11.8. The van der Waals surface area contributed by atoms with Gasteiger partial charge in [-0.3, -0.25) is 4.79 Å². The van der Waals surface area contributed by atoms with E-state index in [1.807, 2.05) is 24.3 Å². The molecule has 2 aliphatic rings. The molecule has 4 heteroatoms. The van der Waals surface area contributed by atoms with Gasteiger partial charge in [0.25, 0.3) is 0 Å². The molecule has 0 bridgehead atoms. The number of aryl methyl sites for hydroxylation is 1. The molecule has 4 nitrogen and oxygen atoms in total. The van der Waals surface area contributed by atoms with Gasteiger partial charge in [0.15, 0.2) is 11.5 Å². The molecule has 4 rings (SSSR count). The third-order valence-electron chi connectivity index (χ3n) is 4.68. The molecule has 1 atom stereocenters. The van der Waals surface area contributed by atoms with Crippen molar-refractivity contribution in [2.24, 2.45) is 0 Å². The van der Waals surface area contributed by atoms with Gasteiger partial charge in [-0.25, -0.2) is 0 Å². The minimum absolute atomic E-state index is 0.0494. The van der Waals surface area contributed by atoms with Crippen molar-refractivity contribution in [2.45, 2.75) is 31.7 Å². The Hall–Kier alpha value is -2.49. The van der Waals surface area contributed by atoms with Crippen LogP contribution in [0.5, 0.6) is 11.5 Å².